The SMILES string of the molecule is CC.Cc1cc(Oc2ccccc2)cc(C)c1-n1ccnc1-c1ccccc1C(C)(C)C. The van der Waals surface area contributed by atoms with Crippen molar-refractivity contribution >= 4 is 0 Å². The molecule has 0 aliphatic heterocycles. The summed E-state index contributed by atoms with van der Waals surface area (Å²) in [7, 11) is 0. The molecule has 4 aromatic rings. The second-order valence-electron chi connectivity index (χ2n) is 8.74. The number of rotatable bonds is 4. The van der Waals surface area contributed by atoms with E-state index in [1.165, 1.54) is 11.1 Å². The van der Waals surface area contributed by atoms with Crippen molar-refractivity contribution in [1.82, 2.24) is 9.55 Å². The Kier molecular flexibility index (Phi) is 7.19. The van der Waals surface area contributed by atoms with E-state index in [0.29, 0.717) is 0 Å². The van der Waals surface area contributed by atoms with E-state index >= 15 is 0 Å². The largest absolute Gasteiger partial charge is 0.457 e. The third kappa shape index (κ3) is 4.94. The lowest BCUT2D eigenvalue weighted by atomic mass is 9.83. The van der Waals surface area contributed by atoms with Crippen molar-refractivity contribution in [3.05, 3.63) is 95.8 Å². The van der Waals surface area contributed by atoms with E-state index in [1.807, 2.05) is 56.6 Å². The minimum atomic E-state index is 0.0326. The number of hydrogen-bond acceptors (Lipinski definition) is 2. The molecule has 0 saturated heterocycles. The van der Waals surface area contributed by atoms with E-state index in [-0.39, 0.29) is 5.41 Å². The molecule has 0 bridgehead atoms. The number of para-hydroxylation sites is 1. The Morgan fingerprint density at radius 3 is 2.00 bits per heavy atom. The maximum atomic E-state index is 6.07. The second kappa shape index (κ2) is 9.86. The van der Waals surface area contributed by atoms with E-state index in [1.54, 1.807) is 0 Å². The summed E-state index contributed by atoms with van der Waals surface area (Å²) in [6.07, 6.45) is 3.92. The van der Waals surface area contributed by atoms with E-state index in [2.05, 4.69) is 75.6 Å². The van der Waals surface area contributed by atoms with Gasteiger partial charge in [-0.15, -0.1) is 0 Å². The summed E-state index contributed by atoms with van der Waals surface area (Å²) < 4.78 is 8.26. The lowest BCUT2D eigenvalue weighted by Crippen LogP contribution is -2.14. The van der Waals surface area contributed by atoms with Gasteiger partial charge in [-0.25, -0.2) is 4.98 Å². The molecular formula is C29H34N2O. The van der Waals surface area contributed by atoms with Crippen molar-refractivity contribution < 1.29 is 4.74 Å². The molecule has 0 aliphatic rings. The molecule has 0 atom stereocenters. The summed E-state index contributed by atoms with van der Waals surface area (Å²) in [5.41, 5.74) is 5.92. The standard InChI is InChI=1S/C27H28N2O.C2H6/c1-19-17-22(30-21-11-7-6-8-12-21)18-20(2)25(19)29-16-15-28-26(29)23-13-9-10-14-24(23)27(3,4)5;1-2/h6-18H,1-5H3;1-2H3. The third-order valence-electron chi connectivity index (χ3n) is 5.30. The molecule has 0 radical (unpaired) electrons. The smallest absolute Gasteiger partial charge is 0.144 e. The number of imidazole rings is 1. The topological polar surface area (TPSA) is 27.1 Å². The molecule has 0 aliphatic carbocycles. The van der Waals surface area contributed by atoms with Crippen molar-refractivity contribution in [1.29, 1.82) is 0 Å². The van der Waals surface area contributed by atoms with Gasteiger partial charge in [-0.2, -0.15) is 0 Å². The Morgan fingerprint density at radius 1 is 0.781 bits per heavy atom. The van der Waals surface area contributed by atoms with Crippen LogP contribution in [-0.2, 0) is 5.41 Å². The Labute approximate surface area is 192 Å². The van der Waals surface area contributed by atoms with Crippen LogP contribution in [0.1, 0.15) is 51.3 Å². The van der Waals surface area contributed by atoms with Gasteiger partial charge in [-0.1, -0.05) is 77.1 Å². The third-order valence-corrected chi connectivity index (χ3v) is 5.30. The zero-order valence-corrected chi connectivity index (χ0v) is 20.3. The quantitative estimate of drug-likeness (QED) is 0.328. The molecule has 0 fully saturated rings. The zero-order chi connectivity index (χ0) is 23.3. The Bertz CT molecular complexity index is 1140. The van der Waals surface area contributed by atoms with Gasteiger partial charge in [0, 0.05) is 18.0 Å². The van der Waals surface area contributed by atoms with Gasteiger partial charge in [-0.05, 0) is 60.2 Å². The van der Waals surface area contributed by atoms with Crippen molar-refractivity contribution in [3.63, 3.8) is 0 Å². The van der Waals surface area contributed by atoms with Crippen LogP contribution >= 0.6 is 0 Å². The molecule has 0 amide bonds. The van der Waals surface area contributed by atoms with Gasteiger partial charge < -0.3 is 4.74 Å². The molecule has 0 N–H and O–H groups in total. The number of aryl methyl sites for hydroxylation is 2. The molecule has 0 spiro atoms. The molecular weight excluding hydrogens is 392 g/mol. The Hall–Kier alpha value is -3.33. The first-order chi connectivity index (χ1) is 15.3. The minimum Gasteiger partial charge on any atom is -0.457 e. The molecule has 1 aromatic heterocycles. The Morgan fingerprint density at radius 2 is 1.38 bits per heavy atom. The van der Waals surface area contributed by atoms with Gasteiger partial charge >= 0.3 is 0 Å². The van der Waals surface area contributed by atoms with Crippen LogP contribution in [0.15, 0.2) is 79.1 Å². The number of hydrogen-bond donors (Lipinski definition) is 0. The summed E-state index contributed by atoms with van der Waals surface area (Å²) in [6, 6.07) is 22.6. The Balaban J connectivity index is 0.00000141. The van der Waals surface area contributed by atoms with Crippen LogP contribution < -0.4 is 4.74 Å². The van der Waals surface area contributed by atoms with Crippen LogP contribution in [0.5, 0.6) is 11.5 Å². The van der Waals surface area contributed by atoms with Crippen LogP contribution in [0.4, 0.5) is 0 Å². The van der Waals surface area contributed by atoms with E-state index in [4.69, 9.17) is 9.72 Å². The van der Waals surface area contributed by atoms with Crippen LogP contribution in [0.3, 0.4) is 0 Å². The van der Waals surface area contributed by atoms with Gasteiger partial charge in [-0.3, -0.25) is 4.57 Å². The predicted octanol–water partition coefficient (Wildman–Crippen LogP) is 8.27. The second-order valence-corrected chi connectivity index (χ2v) is 8.74. The summed E-state index contributed by atoms with van der Waals surface area (Å²) in [6.45, 7) is 15.0. The molecule has 4 rings (SSSR count). The molecule has 3 heteroatoms. The zero-order valence-electron chi connectivity index (χ0n) is 20.3. The maximum absolute atomic E-state index is 6.07. The van der Waals surface area contributed by atoms with E-state index in [9.17, 15) is 0 Å². The molecule has 1 heterocycles. The van der Waals surface area contributed by atoms with Gasteiger partial charge in [0.1, 0.15) is 17.3 Å². The molecule has 32 heavy (non-hydrogen) atoms. The molecule has 3 aromatic carbocycles. The first kappa shape index (κ1) is 23.3. The lowest BCUT2D eigenvalue weighted by Gasteiger charge is -2.23. The number of ether oxygens (including phenoxy) is 1. The fourth-order valence-corrected chi connectivity index (χ4v) is 3.99. The highest BCUT2D eigenvalue weighted by Gasteiger charge is 2.22. The van der Waals surface area contributed by atoms with E-state index < -0.39 is 0 Å². The number of benzene rings is 3. The summed E-state index contributed by atoms with van der Waals surface area (Å²) in [4.78, 5) is 4.74. The molecule has 3 nitrogen and oxygen atoms in total. The van der Waals surface area contributed by atoms with Gasteiger partial charge in [0.15, 0.2) is 0 Å². The van der Waals surface area contributed by atoms with E-state index in [0.717, 1.165) is 34.1 Å². The first-order valence-electron chi connectivity index (χ1n) is 11.3. The average Bonchev–Trinajstić information content (AvgIpc) is 3.24. The van der Waals surface area contributed by atoms with Gasteiger partial charge in [0.25, 0.3) is 0 Å². The van der Waals surface area contributed by atoms with Crippen LogP contribution in [0, 0.1) is 13.8 Å². The molecule has 0 saturated carbocycles. The molecule has 0 unspecified atom stereocenters. The number of aromatic nitrogens is 2. The highest BCUT2D eigenvalue weighted by molar-refractivity contribution is 5.66. The maximum Gasteiger partial charge on any atom is 0.144 e. The van der Waals surface area contributed by atoms with Crippen LogP contribution in [0.2, 0.25) is 0 Å². The van der Waals surface area contributed by atoms with Crippen LogP contribution in [-0.4, -0.2) is 9.55 Å². The average molecular weight is 427 g/mol. The minimum absolute atomic E-state index is 0.0326. The fraction of sp³-hybridized carbons (Fsp3) is 0.276. The normalized spacial score (nSPS) is 11.0. The van der Waals surface area contributed by atoms with Crippen LogP contribution in [0.25, 0.3) is 17.1 Å². The van der Waals surface area contributed by atoms with Crippen molar-refractivity contribution in [3.8, 4) is 28.6 Å². The monoisotopic (exact) mass is 426 g/mol. The van der Waals surface area contributed by atoms with Crippen molar-refractivity contribution in [2.75, 3.05) is 0 Å². The van der Waals surface area contributed by atoms with Gasteiger partial charge in [0.05, 0.1) is 5.69 Å². The highest BCUT2D eigenvalue weighted by atomic mass is 16.5. The summed E-state index contributed by atoms with van der Waals surface area (Å²) in [5, 5.41) is 0. The van der Waals surface area contributed by atoms with Crippen molar-refractivity contribution in [2.24, 2.45) is 0 Å². The predicted molar refractivity (Wildman–Crippen MR) is 135 cm³/mol. The first-order valence-corrected chi connectivity index (χ1v) is 11.3. The number of nitrogens with zero attached hydrogens (tertiary/aromatic N) is 2. The lowest BCUT2D eigenvalue weighted by molar-refractivity contribution is 0.481. The summed E-state index contributed by atoms with van der Waals surface area (Å²) in [5.74, 6) is 2.65. The van der Waals surface area contributed by atoms with Gasteiger partial charge in [0.2, 0.25) is 0 Å². The summed E-state index contributed by atoms with van der Waals surface area (Å²) >= 11 is 0. The highest BCUT2D eigenvalue weighted by Crippen LogP contribution is 2.35. The fourth-order valence-electron chi connectivity index (χ4n) is 3.99. The van der Waals surface area contributed by atoms with Crippen molar-refractivity contribution in [2.45, 2.75) is 53.9 Å². The molecule has 166 valence electrons.